The molecule has 1 aromatic heterocycles. The number of nitrogens with zero attached hydrogens (tertiary/aromatic N) is 1. The van der Waals surface area contributed by atoms with Crippen LogP contribution in [0.3, 0.4) is 0 Å². The molecule has 0 spiro atoms. The Labute approximate surface area is 116 Å². The summed E-state index contributed by atoms with van der Waals surface area (Å²) < 4.78 is 0. The number of unbranched alkanes of at least 4 members (excludes halogenated alkanes) is 1. The Morgan fingerprint density at radius 2 is 2.11 bits per heavy atom. The van der Waals surface area contributed by atoms with Crippen molar-refractivity contribution in [3.63, 3.8) is 0 Å². The zero-order valence-electron chi connectivity index (χ0n) is 12.1. The van der Waals surface area contributed by atoms with Gasteiger partial charge in [0.05, 0.1) is 0 Å². The van der Waals surface area contributed by atoms with Crippen LogP contribution in [-0.2, 0) is 6.42 Å². The van der Waals surface area contributed by atoms with Crippen molar-refractivity contribution in [2.45, 2.75) is 33.1 Å². The highest BCUT2D eigenvalue weighted by Crippen LogP contribution is 2.11. The number of aryl methyl sites for hydroxylation is 1. The molecule has 0 saturated heterocycles. The van der Waals surface area contributed by atoms with Gasteiger partial charge in [0.2, 0.25) is 0 Å². The van der Waals surface area contributed by atoms with E-state index in [9.17, 15) is 0 Å². The largest absolute Gasteiger partial charge is 0.315 e. The van der Waals surface area contributed by atoms with Gasteiger partial charge in [-0.05, 0) is 56.8 Å². The van der Waals surface area contributed by atoms with Crippen molar-refractivity contribution >= 4 is 11.3 Å². The molecule has 1 heterocycles. The maximum absolute atomic E-state index is 3.49. The topological polar surface area (TPSA) is 15.3 Å². The number of hydrogen-bond donors (Lipinski definition) is 1. The van der Waals surface area contributed by atoms with Crippen molar-refractivity contribution in [3.8, 4) is 0 Å². The molecule has 0 fully saturated rings. The molecular weight excluding hydrogens is 240 g/mol. The first-order chi connectivity index (χ1) is 8.68. The van der Waals surface area contributed by atoms with E-state index >= 15 is 0 Å². The molecule has 0 saturated carbocycles. The predicted molar refractivity (Wildman–Crippen MR) is 82.5 cm³/mol. The van der Waals surface area contributed by atoms with Gasteiger partial charge in [0.1, 0.15) is 0 Å². The highest BCUT2D eigenvalue weighted by Gasteiger charge is 1.99. The molecule has 3 heteroatoms. The number of likely N-dealkylation sites (N-methyl/N-ethyl adjacent to an activating group) is 1. The minimum Gasteiger partial charge on any atom is -0.315 e. The standard InChI is InChI=1S/C15H28N2S/c1-14(2)13-16-9-11-17(3)10-5-4-7-15-8-6-12-18-15/h6,8,12,14,16H,4-5,7,9-11,13H2,1-3H3. The predicted octanol–water partition coefficient (Wildman–Crippen LogP) is 3.25. The van der Waals surface area contributed by atoms with E-state index in [1.54, 1.807) is 0 Å². The Morgan fingerprint density at radius 1 is 1.28 bits per heavy atom. The van der Waals surface area contributed by atoms with Gasteiger partial charge in [-0.25, -0.2) is 0 Å². The lowest BCUT2D eigenvalue weighted by Gasteiger charge is -2.17. The van der Waals surface area contributed by atoms with Crippen LogP contribution in [0.2, 0.25) is 0 Å². The summed E-state index contributed by atoms with van der Waals surface area (Å²) in [5, 5.41) is 5.66. The van der Waals surface area contributed by atoms with Crippen molar-refractivity contribution in [2.24, 2.45) is 5.92 Å². The fraction of sp³-hybridized carbons (Fsp3) is 0.733. The minimum absolute atomic E-state index is 0.751. The molecule has 1 N–H and O–H groups in total. The molecule has 104 valence electrons. The van der Waals surface area contributed by atoms with Gasteiger partial charge >= 0.3 is 0 Å². The molecular formula is C15H28N2S. The maximum Gasteiger partial charge on any atom is 0.0104 e. The highest BCUT2D eigenvalue weighted by molar-refractivity contribution is 7.09. The average molecular weight is 268 g/mol. The third kappa shape index (κ3) is 7.85. The van der Waals surface area contributed by atoms with Crippen molar-refractivity contribution < 1.29 is 0 Å². The van der Waals surface area contributed by atoms with E-state index in [0.29, 0.717) is 0 Å². The van der Waals surface area contributed by atoms with E-state index in [4.69, 9.17) is 0 Å². The number of thiophene rings is 1. The zero-order chi connectivity index (χ0) is 13.2. The Hall–Kier alpha value is -0.380. The summed E-state index contributed by atoms with van der Waals surface area (Å²) in [7, 11) is 2.22. The fourth-order valence-corrected chi connectivity index (χ4v) is 2.66. The molecule has 1 aromatic rings. The lowest BCUT2D eigenvalue weighted by molar-refractivity contribution is 0.321. The maximum atomic E-state index is 3.49. The zero-order valence-corrected chi connectivity index (χ0v) is 12.9. The first-order valence-corrected chi connectivity index (χ1v) is 7.98. The second-order valence-corrected chi connectivity index (χ2v) is 6.47. The Bertz CT molecular complexity index is 283. The van der Waals surface area contributed by atoms with Crippen LogP contribution in [0.15, 0.2) is 17.5 Å². The smallest absolute Gasteiger partial charge is 0.0104 e. The van der Waals surface area contributed by atoms with E-state index in [0.717, 1.165) is 25.6 Å². The van der Waals surface area contributed by atoms with Crippen LogP contribution >= 0.6 is 11.3 Å². The fourth-order valence-electron chi connectivity index (χ4n) is 1.91. The van der Waals surface area contributed by atoms with Gasteiger partial charge in [0.25, 0.3) is 0 Å². The lowest BCUT2D eigenvalue weighted by atomic mass is 10.2. The summed E-state index contributed by atoms with van der Waals surface area (Å²) in [5.41, 5.74) is 0. The normalized spacial score (nSPS) is 11.6. The molecule has 18 heavy (non-hydrogen) atoms. The summed E-state index contributed by atoms with van der Waals surface area (Å²) in [6.45, 7) is 9.12. The summed E-state index contributed by atoms with van der Waals surface area (Å²) in [6.07, 6.45) is 3.86. The molecule has 0 amide bonds. The van der Waals surface area contributed by atoms with Crippen molar-refractivity contribution in [2.75, 3.05) is 33.2 Å². The van der Waals surface area contributed by atoms with Crippen molar-refractivity contribution in [3.05, 3.63) is 22.4 Å². The number of hydrogen-bond acceptors (Lipinski definition) is 3. The van der Waals surface area contributed by atoms with Gasteiger partial charge in [-0.15, -0.1) is 11.3 Å². The Morgan fingerprint density at radius 3 is 2.78 bits per heavy atom. The van der Waals surface area contributed by atoms with E-state index < -0.39 is 0 Å². The Balaban J connectivity index is 1.91. The monoisotopic (exact) mass is 268 g/mol. The Kier molecular flexibility index (Phi) is 8.31. The van der Waals surface area contributed by atoms with Crippen LogP contribution in [-0.4, -0.2) is 38.1 Å². The molecule has 0 unspecified atom stereocenters. The molecule has 0 aromatic carbocycles. The van der Waals surface area contributed by atoms with Crippen LogP contribution in [0.1, 0.15) is 31.6 Å². The molecule has 0 aliphatic carbocycles. The third-order valence-electron chi connectivity index (χ3n) is 3.02. The highest BCUT2D eigenvalue weighted by atomic mass is 32.1. The van der Waals surface area contributed by atoms with Crippen LogP contribution < -0.4 is 5.32 Å². The average Bonchev–Trinajstić information content (AvgIpc) is 2.83. The molecule has 0 bridgehead atoms. The van der Waals surface area contributed by atoms with E-state index in [1.807, 2.05) is 11.3 Å². The van der Waals surface area contributed by atoms with Crippen LogP contribution in [0.25, 0.3) is 0 Å². The molecule has 0 aliphatic rings. The van der Waals surface area contributed by atoms with Crippen LogP contribution in [0.4, 0.5) is 0 Å². The van der Waals surface area contributed by atoms with Crippen molar-refractivity contribution in [1.82, 2.24) is 10.2 Å². The van der Waals surface area contributed by atoms with E-state index in [2.05, 4.69) is 48.6 Å². The van der Waals surface area contributed by atoms with Crippen LogP contribution in [0, 0.1) is 5.92 Å². The first kappa shape index (κ1) is 15.7. The first-order valence-electron chi connectivity index (χ1n) is 7.10. The molecule has 1 rings (SSSR count). The summed E-state index contributed by atoms with van der Waals surface area (Å²) >= 11 is 1.88. The summed E-state index contributed by atoms with van der Waals surface area (Å²) in [6, 6.07) is 4.39. The van der Waals surface area contributed by atoms with Gasteiger partial charge in [0, 0.05) is 18.0 Å². The summed E-state index contributed by atoms with van der Waals surface area (Å²) in [5.74, 6) is 0.751. The number of rotatable bonds is 10. The lowest BCUT2D eigenvalue weighted by Crippen LogP contribution is -2.31. The van der Waals surface area contributed by atoms with Crippen LogP contribution in [0.5, 0.6) is 0 Å². The number of nitrogens with one attached hydrogen (secondary N) is 1. The molecule has 0 radical (unpaired) electrons. The quantitative estimate of drug-likeness (QED) is 0.655. The van der Waals surface area contributed by atoms with Crippen molar-refractivity contribution in [1.29, 1.82) is 0 Å². The SMILES string of the molecule is CC(C)CNCCN(C)CCCCc1cccs1. The minimum atomic E-state index is 0.751. The second-order valence-electron chi connectivity index (χ2n) is 5.44. The van der Waals surface area contributed by atoms with E-state index in [1.165, 1.54) is 30.7 Å². The van der Waals surface area contributed by atoms with Gasteiger partial charge in [-0.1, -0.05) is 19.9 Å². The van der Waals surface area contributed by atoms with Gasteiger partial charge in [0.15, 0.2) is 0 Å². The molecule has 0 atom stereocenters. The second kappa shape index (κ2) is 9.54. The van der Waals surface area contributed by atoms with Gasteiger partial charge in [-0.3, -0.25) is 0 Å². The molecule has 2 nitrogen and oxygen atoms in total. The molecule has 0 aliphatic heterocycles. The van der Waals surface area contributed by atoms with Gasteiger partial charge in [-0.2, -0.15) is 0 Å². The third-order valence-corrected chi connectivity index (χ3v) is 3.95. The van der Waals surface area contributed by atoms with Gasteiger partial charge < -0.3 is 10.2 Å². The van der Waals surface area contributed by atoms with E-state index in [-0.39, 0.29) is 0 Å². The summed E-state index contributed by atoms with van der Waals surface area (Å²) in [4.78, 5) is 3.96.